The fourth-order valence-electron chi connectivity index (χ4n) is 5.83. The van der Waals surface area contributed by atoms with Gasteiger partial charge in [-0.15, -0.1) is 0 Å². The Kier molecular flexibility index (Phi) is 3.49. The van der Waals surface area contributed by atoms with E-state index in [1.807, 2.05) is 18.2 Å². The summed E-state index contributed by atoms with van der Waals surface area (Å²) in [6.07, 6.45) is 3.85. The van der Waals surface area contributed by atoms with Gasteiger partial charge in [-0.2, -0.15) is 0 Å². The summed E-state index contributed by atoms with van der Waals surface area (Å²) in [5.74, 6) is 2.42. The number of methoxy groups -OCH3 is 1. The zero-order valence-corrected chi connectivity index (χ0v) is 14.8. The van der Waals surface area contributed by atoms with E-state index in [1.54, 1.807) is 13.2 Å². The molecule has 0 aromatic heterocycles. The quantitative estimate of drug-likeness (QED) is 0.844. The molecule has 5 rings (SSSR count). The van der Waals surface area contributed by atoms with Gasteiger partial charge in [0.2, 0.25) is 0 Å². The van der Waals surface area contributed by atoms with Crippen LogP contribution < -0.4 is 10.1 Å². The van der Waals surface area contributed by atoms with Gasteiger partial charge >= 0.3 is 5.97 Å². The highest BCUT2D eigenvalue weighted by Gasteiger charge is 2.54. The molecule has 2 aromatic carbocycles. The molecule has 4 nitrogen and oxygen atoms in total. The van der Waals surface area contributed by atoms with Crippen LogP contribution in [0.5, 0.6) is 5.75 Å². The van der Waals surface area contributed by atoms with Crippen molar-refractivity contribution in [3.8, 4) is 5.75 Å². The fourth-order valence-corrected chi connectivity index (χ4v) is 5.83. The first-order chi connectivity index (χ1) is 12.7. The Hall–Kier alpha value is -2.49. The second-order valence-electron chi connectivity index (χ2n) is 7.91. The number of carbonyl (C=O) groups is 1. The number of carboxylic acids is 1. The molecule has 5 atom stereocenters. The predicted octanol–water partition coefficient (Wildman–Crippen LogP) is 4.69. The van der Waals surface area contributed by atoms with Crippen molar-refractivity contribution in [3.05, 3.63) is 59.2 Å². The minimum atomic E-state index is -0.857. The lowest BCUT2D eigenvalue weighted by Crippen LogP contribution is -2.36. The van der Waals surface area contributed by atoms with Crippen LogP contribution in [-0.2, 0) is 0 Å². The first-order valence-corrected chi connectivity index (χ1v) is 9.44. The molecule has 1 heterocycles. The number of rotatable bonds is 3. The maximum absolute atomic E-state index is 11.8. The summed E-state index contributed by atoms with van der Waals surface area (Å²) >= 11 is 0. The second kappa shape index (κ2) is 5.76. The average molecular weight is 349 g/mol. The van der Waals surface area contributed by atoms with Gasteiger partial charge in [-0.1, -0.05) is 24.3 Å². The normalized spacial score (nSPS) is 31.0. The van der Waals surface area contributed by atoms with E-state index in [4.69, 9.17) is 4.74 Å². The van der Waals surface area contributed by atoms with Crippen LogP contribution in [0.1, 0.15) is 52.7 Å². The molecular formula is C22H23NO3. The maximum atomic E-state index is 11.8. The summed E-state index contributed by atoms with van der Waals surface area (Å²) in [6.45, 7) is 0. The van der Waals surface area contributed by atoms with Crippen molar-refractivity contribution >= 4 is 11.7 Å². The topological polar surface area (TPSA) is 58.6 Å². The van der Waals surface area contributed by atoms with Crippen molar-refractivity contribution in [2.75, 3.05) is 12.4 Å². The van der Waals surface area contributed by atoms with E-state index in [0.717, 1.165) is 17.4 Å². The van der Waals surface area contributed by atoms with Crippen LogP contribution in [0.2, 0.25) is 0 Å². The first-order valence-electron chi connectivity index (χ1n) is 9.44. The second-order valence-corrected chi connectivity index (χ2v) is 7.91. The van der Waals surface area contributed by atoms with Gasteiger partial charge < -0.3 is 15.2 Å². The molecule has 2 saturated carbocycles. The minimum Gasteiger partial charge on any atom is -0.497 e. The van der Waals surface area contributed by atoms with Gasteiger partial charge in [0.05, 0.1) is 24.4 Å². The van der Waals surface area contributed by atoms with Gasteiger partial charge in [0.25, 0.3) is 0 Å². The number of carboxylic acid groups (broad SMARTS) is 1. The molecule has 0 saturated heterocycles. The summed E-state index contributed by atoms with van der Waals surface area (Å²) in [7, 11) is 1.68. The van der Waals surface area contributed by atoms with Crippen molar-refractivity contribution in [1.82, 2.24) is 0 Å². The predicted molar refractivity (Wildman–Crippen MR) is 99.8 cm³/mol. The average Bonchev–Trinajstić information content (AvgIpc) is 3.29. The highest BCUT2D eigenvalue weighted by atomic mass is 16.5. The molecule has 0 unspecified atom stereocenters. The Morgan fingerprint density at radius 3 is 2.62 bits per heavy atom. The first kappa shape index (κ1) is 15.7. The number of hydrogen-bond donors (Lipinski definition) is 2. The van der Waals surface area contributed by atoms with E-state index >= 15 is 0 Å². The van der Waals surface area contributed by atoms with Gasteiger partial charge in [0.15, 0.2) is 0 Å². The summed E-state index contributed by atoms with van der Waals surface area (Å²) in [5, 5.41) is 13.3. The summed E-state index contributed by atoms with van der Waals surface area (Å²) in [5.41, 5.74) is 3.66. The number of para-hydroxylation sites is 1. The van der Waals surface area contributed by atoms with Gasteiger partial charge in [0, 0.05) is 0 Å². The molecule has 1 aliphatic heterocycles. The molecule has 0 amide bonds. The summed E-state index contributed by atoms with van der Waals surface area (Å²) in [4.78, 5) is 11.8. The largest absolute Gasteiger partial charge is 0.497 e. The van der Waals surface area contributed by atoms with E-state index in [0.29, 0.717) is 23.3 Å². The monoisotopic (exact) mass is 349 g/mol. The number of nitrogens with one attached hydrogen (secondary N) is 1. The Labute approximate surface area is 153 Å². The van der Waals surface area contributed by atoms with Crippen LogP contribution in [-0.4, -0.2) is 18.2 Å². The molecule has 2 aliphatic carbocycles. The number of hydrogen-bond acceptors (Lipinski definition) is 3. The Morgan fingerprint density at radius 2 is 1.88 bits per heavy atom. The molecule has 2 N–H and O–H groups in total. The van der Waals surface area contributed by atoms with Crippen molar-refractivity contribution in [2.24, 2.45) is 17.8 Å². The molecule has 2 aromatic rings. The van der Waals surface area contributed by atoms with E-state index in [1.165, 1.54) is 30.4 Å². The lowest BCUT2D eigenvalue weighted by Gasteiger charge is -2.44. The molecular weight excluding hydrogens is 326 g/mol. The van der Waals surface area contributed by atoms with Gasteiger partial charge in [-0.25, -0.2) is 4.79 Å². The third-order valence-electron chi connectivity index (χ3n) is 6.83. The van der Waals surface area contributed by atoms with Crippen LogP contribution in [0.4, 0.5) is 5.69 Å². The van der Waals surface area contributed by atoms with Crippen molar-refractivity contribution in [3.63, 3.8) is 0 Å². The highest BCUT2D eigenvalue weighted by molar-refractivity contribution is 5.95. The van der Waals surface area contributed by atoms with Gasteiger partial charge in [-0.3, -0.25) is 0 Å². The number of aromatic carboxylic acids is 1. The van der Waals surface area contributed by atoms with E-state index in [2.05, 4.69) is 23.5 Å². The summed E-state index contributed by atoms with van der Waals surface area (Å²) < 4.78 is 5.30. The fraction of sp³-hybridized carbons (Fsp3) is 0.409. The molecule has 2 bridgehead atoms. The molecule has 4 heteroatoms. The third-order valence-corrected chi connectivity index (χ3v) is 6.83. The molecule has 3 aliphatic rings. The zero-order valence-electron chi connectivity index (χ0n) is 14.8. The number of fused-ring (bicyclic) bond motifs is 7. The number of benzene rings is 2. The van der Waals surface area contributed by atoms with Crippen LogP contribution in [0.3, 0.4) is 0 Å². The number of ether oxygens (including phenoxy) is 1. The van der Waals surface area contributed by atoms with E-state index in [9.17, 15) is 9.90 Å². The van der Waals surface area contributed by atoms with Crippen LogP contribution in [0.25, 0.3) is 0 Å². The van der Waals surface area contributed by atoms with Crippen molar-refractivity contribution in [2.45, 2.75) is 31.2 Å². The van der Waals surface area contributed by atoms with Crippen LogP contribution >= 0.6 is 0 Å². The molecule has 2 fully saturated rings. The van der Waals surface area contributed by atoms with E-state index in [-0.39, 0.29) is 6.04 Å². The van der Waals surface area contributed by atoms with Crippen LogP contribution in [0, 0.1) is 17.8 Å². The van der Waals surface area contributed by atoms with Crippen molar-refractivity contribution in [1.29, 1.82) is 0 Å². The van der Waals surface area contributed by atoms with Gasteiger partial charge in [0.1, 0.15) is 5.75 Å². The van der Waals surface area contributed by atoms with Gasteiger partial charge in [-0.05, 0) is 72.3 Å². The molecule has 0 spiro atoms. The maximum Gasteiger partial charge on any atom is 0.337 e. The minimum absolute atomic E-state index is 0.161. The summed E-state index contributed by atoms with van der Waals surface area (Å²) in [6, 6.07) is 14.1. The standard InChI is InChI=1S/C22H23NO3/c1-26-15-9-7-12(8-10-15)20-19-14-6-5-13(11-14)18(19)16-3-2-4-17(22(24)25)21(16)23-20/h2-4,7-10,13-14,18-20,23H,5-6,11H2,1H3,(H,24,25)/t13-,14-,18+,19-,20-/m0/s1. The molecule has 0 radical (unpaired) electrons. The van der Waals surface area contributed by atoms with E-state index < -0.39 is 5.97 Å². The SMILES string of the molecule is COc1ccc([C@@H]2Nc3c(C(=O)O)cccc3[C@H]3[C@H]4CC[C@@H](C4)[C@@H]32)cc1. The lowest BCUT2D eigenvalue weighted by molar-refractivity contribution is 0.0697. The Bertz CT molecular complexity index is 860. The van der Waals surface area contributed by atoms with Crippen LogP contribution in [0.15, 0.2) is 42.5 Å². The zero-order chi connectivity index (χ0) is 17.8. The van der Waals surface area contributed by atoms with Crippen molar-refractivity contribution < 1.29 is 14.6 Å². The highest BCUT2D eigenvalue weighted by Crippen LogP contribution is 2.64. The smallest absolute Gasteiger partial charge is 0.337 e. The Balaban J connectivity index is 1.64. The Morgan fingerprint density at radius 1 is 1.12 bits per heavy atom. The number of anilines is 1. The molecule has 134 valence electrons. The third kappa shape index (κ3) is 2.17. The molecule has 26 heavy (non-hydrogen) atoms. The lowest BCUT2D eigenvalue weighted by atomic mass is 9.67.